The van der Waals surface area contributed by atoms with Gasteiger partial charge in [0.25, 0.3) is 0 Å². The van der Waals surface area contributed by atoms with Gasteiger partial charge in [0.1, 0.15) is 0 Å². The average Bonchev–Trinajstić information content (AvgIpc) is 3.39. The van der Waals surface area contributed by atoms with Gasteiger partial charge in [0.05, 0.1) is 48.2 Å². The number of nitriles is 3. The minimum atomic E-state index is -0.454. The van der Waals surface area contributed by atoms with E-state index in [1.54, 1.807) is 0 Å². The summed E-state index contributed by atoms with van der Waals surface area (Å²) in [6.07, 6.45) is 15.7. The molecule has 170 valence electrons. The highest BCUT2D eigenvalue weighted by molar-refractivity contribution is 5.21. The van der Waals surface area contributed by atoms with E-state index in [1.165, 1.54) is 64.2 Å². The molecular weight excluding hydrogens is 394 g/mol. The summed E-state index contributed by atoms with van der Waals surface area (Å²) in [6.45, 7) is 0. The van der Waals surface area contributed by atoms with E-state index in [0.717, 1.165) is 24.7 Å². The van der Waals surface area contributed by atoms with Gasteiger partial charge in [-0.05, 0) is 74.0 Å². The first kappa shape index (κ1) is 21.0. The molecule has 4 nitrogen and oxygen atoms in total. The van der Waals surface area contributed by atoms with E-state index < -0.39 is 5.92 Å². The van der Waals surface area contributed by atoms with E-state index in [4.69, 9.17) is 4.74 Å². The molecule has 1 aliphatic heterocycles. The van der Waals surface area contributed by atoms with Gasteiger partial charge < -0.3 is 4.74 Å². The van der Waals surface area contributed by atoms with Crippen LogP contribution in [-0.2, 0) is 4.74 Å². The molecule has 0 spiro atoms. The molecule has 12 unspecified atom stereocenters. The zero-order chi connectivity index (χ0) is 21.8. The molecule has 0 aromatic heterocycles. The Morgan fingerprint density at radius 2 is 0.938 bits per heavy atom. The zero-order valence-electron chi connectivity index (χ0n) is 19.2. The highest BCUT2D eigenvalue weighted by atomic mass is 16.5. The number of ether oxygens (including phenoxy) is 1. The summed E-state index contributed by atoms with van der Waals surface area (Å²) < 4.78 is 6.90. The molecule has 6 aliphatic rings. The Kier molecular flexibility index (Phi) is 5.47. The average molecular weight is 432 g/mol. The predicted molar refractivity (Wildman–Crippen MR) is 119 cm³/mol. The van der Waals surface area contributed by atoms with Gasteiger partial charge in [0, 0.05) is 11.8 Å². The number of hydrogen-bond acceptors (Lipinski definition) is 4. The molecule has 0 aromatic carbocycles. The SMILES string of the molecule is N#CC1C(C#N)C2C3CCCCC3OC2C(C2C3CCCCC3C3CCCCC32)C1C#N. The molecule has 0 aromatic rings. The van der Waals surface area contributed by atoms with Gasteiger partial charge in [0.2, 0.25) is 0 Å². The molecule has 5 aliphatic carbocycles. The van der Waals surface area contributed by atoms with E-state index in [-0.39, 0.29) is 35.9 Å². The van der Waals surface area contributed by atoms with Crippen LogP contribution in [-0.4, -0.2) is 12.2 Å². The lowest BCUT2D eigenvalue weighted by Gasteiger charge is -2.49. The number of fused-ring (bicyclic) bond motifs is 6. The molecule has 1 heterocycles. The minimum Gasteiger partial charge on any atom is -0.374 e. The van der Waals surface area contributed by atoms with E-state index in [0.29, 0.717) is 23.7 Å². The molecular formula is C28H37N3O. The maximum Gasteiger partial charge on any atom is 0.0787 e. The van der Waals surface area contributed by atoms with Crippen LogP contribution in [0.25, 0.3) is 0 Å². The van der Waals surface area contributed by atoms with Gasteiger partial charge >= 0.3 is 0 Å². The van der Waals surface area contributed by atoms with E-state index in [1.807, 2.05) is 0 Å². The van der Waals surface area contributed by atoms with Crippen molar-refractivity contribution >= 4 is 0 Å². The Labute approximate surface area is 193 Å². The summed E-state index contributed by atoms with van der Waals surface area (Å²) in [5.74, 6) is 3.20. The third-order valence-corrected chi connectivity index (χ3v) is 11.1. The fourth-order valence-electron chi connectivity index (χ4n) is 10.2. The monoisotopic (exact) mass is 431 g/mol. The molecule has 0 amide bonds. The van der Waals surface area contributed by atoms with Crippen molar-refractivity contribution < 1.29 is 4.74 Å². The first-order chi connectivity index (χ1) is 15.8. The van der Waals surface area contributed by atoms with Gasteiger partial charge in [-0.2, -0.15) is 15.8 Å². The second-order valence-corrected chi connectivity index (χ2v) is 12.0. The van der Waals surface area contributed by atoms with Crippen LogP contribution in [0.3, 0.4) is 0 Å². The van der Waals surface area contributed by atoms with Gasteiger partial charge in [-0.25, -0.2) is 0 Å². The molecule has 4 heteroatoms. The molecule has 6 rings (SSSR count). The van der Waals surface area contributed by atoms with Crippen LogP contribution >= 0.6 is 0 Å². The Bertz CT molecular complexity index is 828. The Balaban J connectivity index is 1.44. The highest BCUT2D eigenvalue weighted by Crippen LogP contribution is 2.65. The molecule has 0 N–H and O–H groups in total. The fraction of sp³-hybridized carbons (Fsp3) is 0.893. The van der Waals surface area contributed by atoms with E-state index in [9.17, 15) is 15.8 Å². The molecule has 32 heavy (non-hydrogen) atoms. The molecule has 0 radical (unpaired) electrons. The van der Waals surface area contributed by atoms with Crippen molar-refractivity contribution in [2.45, 2.75) is 89.3 Å². The largest absolute Gasteiger partial charge is 0.374 e. The smallest absolute Gasteiger partial charge is 0.0787 e. The van der Waals surface area contributed by atoms with Gasteiger partial charge in [-0.15, -0.1) is 0 Å². The summed E-state index contributed by atoms with van der Waals surface area (Å²) in [5, 5.41) is 30.9. The standard InChI is InChI=1S/C28H37N3O/c29-13-21-22(14-30)26-20-11-5-6-12-24(20)32-28(26)27(23(21)15-31)25-18-9-3-1-7-16(18)17-8-2-4-10-19(17)25/h16-28H,1-12H2. The second-order valence-electron chi connectivity index (χ2n) is 12.0. The maximum atomic E-state index is 10.4. The van der Waals surface area contributed by atoms with Crippen molar-refractivity contribution in [3.05, 3.63) is 0 Å². The normalized spacial score (nSPS) is 54.1. The van der Waals surface area contributed by atoms with Crippen LogP contribution in [0.2, 0.25) is 0 Å². The Morgan fingerprint density at radius 3 is 1.50 bits per heavy atom. The number of rotatable bonds is 1. The van der Waals surface area contributed by atoms with E-state index in [2.05, 4.69) is 18.2 Å². The lowest BCUT2D eigenvalue weighted by Crippen LogP contribution is -2.52. The van der Waals surface area contributed by atoms with Crippen molar-refractivity contribution in [1.29, 1.82) is 15.8 Å². The first-order valence-corrected chi connectivity index (χ1v) is 13.6. The van der Waals surface area contributed by atoms with Crippen LogP contribution in [0, 0.1) is 99.1 Å². The lowest BCUT2D eigenvalue weighted by atomic mass is 9.53. The molecule has 12 atom stereocenters. The fourth-order valence-corrected chi connectivity index (χ4v) is 10.2. The first-order valence-electron chi connectivity index (χ1n) is 13.6. The second kappa shape index (κ2) is 8.33. The van der Waals surface area contributed by atoms with Crippen LogP contribution in [0.1, 0.15) is 77.0 Å². The summed E-state index contributed by atoms with van der Waals surface area (Å²) in [4.78, 5) is 0. The van der Waals surface area contributed by atoms with Gasteiger partial charge in [-0.1, -0.05) is 38.5 Å². The van der Waals surface area contributed by atoms with Crippen LogP contribution in [0.4, 0.5) is 0 Å². The summed E-state index contributed by atoms with van der Waals surface area (Å²) in [6, 6.07) is 7.68. The Hall–Kier alpha value is -1.57. The summed E-state index contributed by atoms with van der Waals surface area (Å²) >= 11 is 0. The van der Waals surface area contributed by atoms with E-state index >= 15 is 0 Å². The summed E-state index contributed by atoms with van der Waals surface area (Å²) in [7, 11) is 0. The Morgan fingerprint density at radius 1 is 0.469 bits per heavy atom. The van der Waals surface area contributed by atoms with Crippen molar-refractivity contribution in [2.24, 2.45) is 65.1 Å². The van der Waals surface area contributed by atoms with Crippen molar-refractivity contribution in [2.75, 3.05) is 0 Å². The predicted octanol–water partition coefficient (Wildman–Crippen LogP) is 5.85. The zero-order valence-corrected chi connectivity index (χ0v) is 19.2. The molecule has 6 fully saturated rings. The molecule has 1 saturated heterocycles. The van der Waals surface area contributed by atoms with Gasteiger partial charge in [0.15, 0.2) is 0 Å². The topological polar surface area (TPSA) is 80.6 Å². The maximum absolute atomic E-state index is 10.4. The lowest BCUT2D eigenvalue weighted by molar-refractivity contribution is -0.0891. The third-order valence-electron chi connectivity index (χ3n) is 11.1. The summed E-state index contributed by atoms with van der Waals surface area (Å²) in [5.41, 5.74) is 0. The van der Waals surface area contributed by atoms with Crippen molar-refractivity contribution in [1.82, 2.24) is 0 Å². The number of nitrogens with zero attached hydrogens (tertiary/aromatic N) is 3. The third kappa shape index (κ3) is 2.93. The molecule has 5 saturated carbocycles. The van der Waals surface area contributed by atoms with Crippen LogP contribution in [0.5, 0.6) is 0 Å². The van der Waals surface area contributed by atoms with Crippen LogP contribution in [0.15, 0.2) is 0 Å². The number of hydrogen-bond donors (Lipinski definition) is 0. The quantitative estimate of drug-likeness (QED) is 0.521. The molecule has 0 bridgehead atoms. The van der Waals surface area contributed by atoms with Crippen molar-refractivity contribution in [3.8, 4) is 18.2 Å². The van der Waals surface area contributed by atoms with Gasteiger partial charge in [-0.3, -0.25) is 0 Å². The highest BCUT2D eigenvalue weighted by Gasteiger charge is 2.65. The van der Waals surface area contributed by atoms with Crippen LogP contribution < -0.4 is 0 Å². The minimum absolute atomic E-state index is 0.0234. The van der Waals surface area contributed by atoms with Crippen molar-refractivity contribution in [3.63, 3.8) is 0 Å².